The molecular formula is C24H24FN5O3S. The van der Waals surface area contributed by atoms with Crippen LogP contribution in [0.15, 0.2) is 71.8 Å². The van der Waals surface area contributed by atoms with Crippen molar-refractivity contribution in [3.8, 4) is 5.69 Å². The maximum atomic E-state index is 13.4. The molecule has 0 saturated carbocycles. The van der Waals surface area contributed by atoms with Crippen molar-refractivity contribution in [2.24, 2.45) is 0 Å². The van der Waals surface area contributed by atoms with Crippen molar-refractivity contribution in [3.63, 3.8) is 0 Å². The van der Waals surface area contributed by atoms with Gasteiger partial charge in [0.2, 0.25) is 10.0 Å². The summed E-state index contributed by atoms with van der Waals surface area (Å²) in [7, 11) is 1.58. The molecule has 0 aliphatic heterocycles. The Bertz CT molecular complexity index is 1450. The van der Waals surface area contributed by atoms with E-state index in [1.807, 2.05) is 25.1 Å². The van der Waals surface area contributed by atoms with Crippen LogP contribution in [0.25, 0.3) is 16.6 Å². The van der Waals surface area contributed by atoms with Crippen LogP contribution in [0.1, 0.15) is 15.9 Å². The number of anilines is 1. The third-order valence-corrected chi connectivity index (χ3v) is 6.89. The van der Waals surface area contributed by atoms with Crippen LogP contribution in [0.3, 0.4) is 0 Å². The predicted octanol–water partition coefficient (Wildman–Crippen LogP) is 3.07. The minimum absolute atomic E-state index is 0.152. The van der Waals surface area contributed by atoms with Crippen molar-refractivity contribution < 1.29 is 17.6 Å². The number of amides is 1. The summed E-state index contributed by atoms with van der Waals surface area (Å²) >= 11 is 0. The number of nitrogens with zero attached hydrogens (tertiary/aromatic N) is 3. The number of carbonyl (C=O) groups excluding carboxylic acids is 1. The largest absolute Gasteiger partial charge is 0.378 e. The Morgan fingerprint density at radius 1 is 1.06 bits per heavy atom. The first-order valence-corrected chi connectivity index (χ1v) is 11.9. The van der Waals surface area contributed by atoms with Crippen LogP contribution in [0, 0.1) is 5.82 Å². The number of halogens is 1. The average Bonchev–Trinajstić information content (AvgIpc) is 3.26. The fraction of sp³-hybridized carbons (Fsp3) is 0.167. The average molecular weight is 482 g/mol. The molecule has 1 aromatic heterocycles. The number of aromatic nitrogens is 2. The second kappa shape index (κ2) is 9.24. The fourth-order valence-corrected chi connectivity index (χ4v) is 4.26. The molecule has 0 aliphatic rings. The number of rotatable bonds is 7. The normalized spacial score (nSPS) is 11.5. The lowest BCUT2D eigenvalue weighted by Crippen LogP contribution is -2.23. The minimum atomic E-state index is -3.52. The molecule has 0 atom stereocenters. The first-order chi connectivity index (χ1) is 16.2. The van der Waals surface area contributed by atoms with Crippen LogP contribution in [0.5, 0.6) is 0 Å². The van der Waals surface area contributed by atoms with E-state index in [2.05, 4.69) is 15.1 Å². The maximum Gasteiger partial charge on any atom is 0.252 e. The van der Waals surface area contributed by atoms with E-state index >= 15 is 0 Å². The first kappa shape index (κ1) is 23.4. The molecule has 0 fully saturated rings. The molecule has 4 aromatic rings. The van der Waals surface area contributed by atoms with Crippen LogP contribution in [-0.4, -0.2) is 45.2 Å². The first-order valence-electron chi connectivity index (χ1n) is 10.5. The summed E-state index contributed by atoms with van der Waals surface area (Å²) in [5, 5.41) is 7.98. The van der Waals surface area contributed by atoms with Gasteiger partial charge in [-0.15, -0.1) is 0 Å². The van der Waals surface area contributed by atoms with E-state index in [1.54, 1.807) is 41.2 Å². The van der Waals surface area contributed by atoms with Crippen LogP contribution >= 0.6 is 0 Å². The molecule has 4 rings (SSSR count). The molecule has 0 spiro atoms. The predicted molar refractivity (Wildman–Crippen MR) is 129 cm³/mol. The number of benzene rings is 3. The molecule has 0 saturated heterocycles. The molecule has 1 heterocycles. The van der Waals surface area contributed by atoms with Crippen molar-refractivity contribution >= 4 is 32.5 Å². The SMILES string of the molecule is CNS(=O)(=O)c1ccc(CNC(=O)c2cc(N(C)C)cc3c2cnn3-c2ccc(F)cc2)cc1. The Balaban J connectivity index is 1.64. The number of carbonyl (C=O) groups is 1. The maximum absolute atomic E-state index is 13.4. The highest BCUT2D eigenvalue weighted by molar-refractivity contribution is 7.89. The highest BCUT2D eigenvalue weighted by atomic mass is 32.2. The van der Waals surface area contributed by atoms with Gasteiger partial charge in [0.25, 0.3) is 5.91 Å². The van der Waals surface area contributed by atoms with E-state index in [-0.39, 0.29) is 23.2 Å². The van der Waals surface area contributed by atoms with E-state index in [9.17, 15) is 17.6 Å². The van der Waals surface area contributed by atoms with Crippen molar-refractivity contribution in [1.29, 1.82) is 0 Å². The monoisotopic (exact) mass is 481 g/mol. The number of hydrogen-bond acceptors (Lipinski definition) is 5. The summed E-state index contributed by atoms with van der Waals surface area (Å²) in [6.45, 7) is 0.221. The molecule has 8 nitrogen and oxygen atoms in total. The lowest BCUT2D eigenvalue weighted by molar-refractivity contribution is 0.0952. The number of nitrogens with one attached hydrogen (secondary N) is 2. The summed E-state index contributed by atoms with van der Waals surface area (Å²) in [6.07, 6.45) is 1.62. The van der Waals surface area contributed by atoms with E-state index in [0.29, 0.717) is 22.2 Å². The fourth-order valence-electron chi connectivity index (χ4n) is 3.53. The summed E-state index contributed by atoms with van der Waals surface area (Å²) in [5.74, 6) is -0.634. The molecule has 34 heavy (non-hydrogen) atoms. The van der Waals surface area contributed by atoms with Crippen LogP contribution in [-0.2, 0) is 16.6 Å². The lowest BCUT2D eigenvalue weighted by atomic mass is 10.1. The molecule has 2 N–H and O–H groups in total. The van der Waals surface area contributed by atoms with Gasteiger partial charge in [0.15, 0.2) is 0 Å². The zero-order valence-corrected chi connectivity index (χ0v) is 19.7. The Morgan fingerprint density at radius 3 is 2.35 bits per heavy atom. The molecule has 0 unspecified atom stereocenters. The molecule has 3 aromatic carbocycles. The molecule has 176 valence electrons. The standard InChI is InChI=1S/C24H24FN5O3S/c1-26-34(32,33)20-10-4-16(5-11-20)14-27-24(31)21-12-19(29(2)3)13-23-22(21)15-28-30(23)18-8-6-17(25)7-9-18/h4-13,15,26H,14H2,1-3H3,(H,27,31). The zero-order chi connectivity index (χ0) is 24.5. The molecule has 1 amide bonds. The third kappa shape index (κ3) is 4.63. The van der Waals surface area contributed by atoms with Crippen molar-refractivity contribution in [2.75, 3.05) is 26.0 Å². The molecule has 0 bridgehead atoms. The number of hydrogen-bond donors (Lipinski definition) is 2. The smallest absolute Gasteiger partial charge is 0.252 e. The van der Waals surface area contributed by atoms with Gasteiger partial charge < -0.3 is 10.2 Å². The van der Waals surface area contributed by atoms with E-state index in [0.717, 1.165) is 11.3 Å². The summed E-state index contributed by atoms with van der Waals surface area (Å²) in [5.41, 5.74) is 3.40. The molecule has 10 heteroatoms. The Morgan fingerprint density at radius 2 is 1.74 bits per heavy atom. The Labute approximate surface area is 197 Å². The second-order valence-electron chi connectivity index (χ2n) is 7.89. The van der Waals surface area contributed by atoms with Crippen molar-refractivity contribution in [3.05, 3.63) is 83.8 Å². The third-order valence-electron chi connectivity index (χ3n) is 5.46. The van der Waals surface area contributed by atoms with E-state index in [4.69, 9.17) is 0 Å². The van der Waals surface area contributed by atoms with Gasteiger partial charge in [-0.05, 0) is 61.1 Å². The molecule has 0 radical (unpaired) electrons. The quantitative estimate of drug-likeness (QED) is 0.423. The summed E-state index contributed by atoms with van der Waals surface area (Å²) < 4.78 is 41.1. The van der Waals surface area contributed by atoms with E-state index < -0.39 is 10.0 Å². The highest BCUT2D eigenvalue weighted by Gasteiger charge is 2.17. The highest BCUT2D eigenvalue weighted by Crippen LogP contribution is 2.28. The van der Waals surface area contributed by atoms with Crippen molar-refractivity contribution in [2.45, 2.75) is 11.4 Å². The molecule has 0 aliphatic carbocycles. The second-order valence-corrected chi connectivity index (χ2v) is 9.77. The van der Waals surface area contributed by atoms with Gasteiger partial charge in [0.05, 0.1) is 27.9 Å². The number of sulfonamides is 1. The van der Waals surface area contributed by atoms with E-state index in [1.165, 1.54) is 31.3 Å². The summed E-state index contributed by atoms with van der Waals surface area (Å²) in [6, 6.07) is 16.0. The van der Waals surface area contributed by atoms with Gasteiger partial charge in [-0.25, -0.2) is 22.2 Å². The minimum Gasteiger partial charge on any atom is -0.378 e. The molecular weight excluding hydrogens is 457 g/mol. The van der Waals surface area contributed by atoms with Crippen molar-refractivity contribution in [1.82, 2.24) is 19.8 Å². The van der Waals surface area contributed by atoms with Gasteiger partial charge in [-0.2, -0.15) is 5.10 Å². The lowest BCUT2D eigenvalue weighted by Gasteiger charge is -2.16. The van der Waals surface area contributed by atoms with Gasteiger partial charge in [0.1, 0.15) is 5.82 Å². The van der Waals surface area contributed by atoms with Crippen LogP contribution < -0.4 is 14.9 Å². The van der Waals surface area contributed by atoms with Crippen LogP contribution in [0.2, 0.25) is 0 Å². The van der Waals surface area contributed by atoms with Gasteiger partial charge in [-0.3, -0.25) is 4.79 Å². The summed E-state index contributed by atoms with van der Waals surface area (Å²) in [4.78, 5) is 15.2. The Kier molecular flexibility index (Phi) is 6.36. The number of fused-ring (bicyclic) bond motifs is 1. The zero-order valence-electron chi connectivity index (χ0n) is 18.9. The Hall–Kier alpha value is -3.76. The van der Waals surface area contributed by atoms with Gasteiger partial charge in [0, 0.05) is 31.7 Å². The topological polar surface area (TPSA) is 96.3 Å². The van der Waals surface area contributed by atoms with Crippen LogP contribution in [0.4, 0.5) is 10.1 Å². The van der Waals surface area contributed by atoms with Gasteiger partial charge in [-0.1, -0.05) is 12.1 Å². The van der Waals surface area contributed by atoms with Gasteiger partial charge >= 0.3 is 0 Å².